The van der Waals surface area contributed by atoms with Crippen LogP contribution in [0.4, 0.5) is 5.69 Å². The van der Waals surface area contributed by atoms with E-state index in [2.05, 4.69) is 10.3 Å². The molecular weight excluding hydrogens is 384 g/mol. The molecule has 1 fully saturated rings. The van der Waals surface area contributed by atoms with Crippen LogP contribution in [0.15, 0.2) is 35.4 Å². The minimum atomic E-state index is -0.250. The molecule has 0 unspecified atom stereocenters. The summed E-state index contributed by atoms with van der Waals surface area (Å²) in [7, 11) is 0. The number of carbonyl (C=O) groups is 2. The third-order valence-corrected chi connectivity index (χ3v) is 5.05. The summed E-state index contributed by atoms with van der Waals surface area (Å²) in [5, 5.41) is 2.87. The molecule has 0 saturated carbocycles. The summed E-state index contributed by atoms with van der Waals surface area (Å²) in [5.74, 6) is -0.589. The molecule has 2 aromatic heterocycles. The minimum Gasteiger partial charge on any atom is -0.379 e. The number of aryl methyl sites for hydroxylation is 1. The van der Waals surface area contributed by atoms with Gasteiger partial charge in [-0.1, -0.05) is 13.8 Å². The van der Waals surface area contributed by atoms with Crippen LogP contribution in [0.1, 0.15) is 31.3 Å². The largest absolute Gasteiger partial charge is 0.379 e. The Morgan fingerprint density at radius 2 is 1.93 bits per heavy atom. The van der Waals surface area contributed by atoms with Gasteiger partial charge in [0.05, 0.1) is 25.4 Å². The van der Waals surface area contributed by atoms with Crippen LogP contribution in [0, 0.1) is 5.92 Å². The van der Waals surface area contributed by atoms with Crippen molar-refractivity contribution in [2.75, 3.05) is 38.2 Å². The van der Waals surface area contributed by atoms with Crippen LogP contribution in [0.3, 0.4) is 0 Å². The van der Waals surface area contributed by atoms with Gasteiger partial charge >= 0.3 is 0 Å². The van der Waals surface area contributed by atoms with Crippen molar-refractivity contribution in [2.24, 2.45) is 5.92 Å². The maximum absolute atomic E-state index is 12.6. The van der Waals surface area contributed by atoms with Crippen molar-refractivity contribution in [3.05, 3.63) is 46.6 Å². The van der Waals surface area contributed by atoms with Gasteiger partial charge in [0.25, 0.3) is 5.56 Å². The highest BCUT2D eigenvalue weighted by Gasteiger charge is 2.21. The van der Waals surface area contributed by atoms with Crippen LogP contribution in [0.2, 0.25) is 0 Å². The minimum absolute atomic E-state index is 0.0835. The Balaban J connectivity index is 1.91. The fourth-order valence-corrected chi connectivity index (χ4v) is 3.29. The SMILES string of the molecule is CCn1cc(-c2cnc(C(=O)C(C)C)c(NC(=O)CN3CCOCC3)c2)ccc1=O. The molecule has 0 bridgehead atoms. The average Bonchev–Trinajstić information content (AvgIpc) is 2.74. The van der Waals surface area contributed by atoms with Gasteiger partial charge in [0.1, 0.15) is 5.69 Å². The van der Waals surface area contributed by atoms with Gasteiger partial charge in [-0.3, -0.25) is 24.3 Å². The molecule has 0 atom stereocenters. The molecule has 1 aliphatic heterocycles. The fraction of sp³-hybridized carbons (Fsp3) is 0.455. The van der Waals surface area contributed by atoms with Crippen molar-refractivity contribution in [1.29, 1.82) is 0 Å². The summed E-state index contributed by atoms with van der Waals surface area (Å²) in [6.07, 6.45) is 3.36. The maximum Gasteiger partial charge on any atom is 0.250 e. The van der Waals surface area contributed by atoms with Crippen molar-refractivity contribution in [3.8, 4) is 11.1 Å². The number of nitrogens with one attached hydrogen (secondary N) is 1. The van der Waals surface area contributed by atoms with Crippen molar-refractivity contribution >= 4 is 17.4 Å². The van der Waals surface area contributed by atoms with Crippen LogP contribution in [0.25, 0.3) is 11.1 Å². The molecule has 0 aromatic carbocycles. The van der Waals surface area contributed by atoms with E-state index < -0.39 is 0 Å². The van der Waals surface area contributed by atoms with E-state index in [-0.39, 0.29) is 35.4 Å². The maximum atomic E-state index is 12.6. The van der Waals surface area contributed by atoms with E-state index in [1.807, 2.05) is 11.8 Å². The first-order chi connectivity index (χ1) is 14.4. The number of rotatable bonds is 7. The molecule has 160 valence electrons. The van der Waals surface area contributed by atoms with Gasteiger partial charge in [0.15, 0.2) is 5.78 Å². The lowest BCUT2D eigenvalue weighted by Gasteiger charge is -2.26. The quantitative estimate of drug-likeness (QED) is 0.700. The fourth-order valence-electron chi connectivity index (χ4n) is 3.29. The van der Waals surface area contributed by atoms with E-state index in [4.69, 9.17) is 4.74 Å². The number of carbonyl (C=O) groups excluding carboxylic acids is 2. The van der Waals surface area contributed by atoms with Gasteiger partial charge in [0.2, 0.25) is 5.91 Å². The summed E-state index contributed by atoms with van der Waals surface area (Å²) < 4.78 is 6.91. The summed E-state index contributed by atoms with van der Waals surface area (Å²) in [6, 6.07) is 4.97. The van der Waals surface area contributed by atoms with E-state index in [0.29, 0.717) is 38.5 Å². The van der Waals surface area contributed by atoms with E-state index in [0.717, 1.165) is 11.1 Å². The number of pyridine rings is 2. The van der Waals surface area contributed by atoms with E-state index in [1.165, 1.54) is 6.07 Å². The lowest BCUT2D eigenvalue weighted by molar-refractivity contribution is -0.118. The number of anilines is 1. The zero-order valence-electron chi connectivity index (χ0n) is 17.7. The Bertz CT molecular complexity index is 977. The van der Waals surface area contributed by atoms with Gasteiger partial charge in [-0.2, -0.15) is 0 Å². The predicted molar refractivity (Wildman–Crippen MR) is 115 cm³/mol. The van der Waals surface area contributed by atoms with Crippen LogP contribution in [0.5, 0.6) is 0 Å². The molecule has 8 nitrogen and oxygen atoms in total. The second kappa shape index (κ2) is 9.77. The van der Waals surface area contributed by atoms with Crippen molar-refractivity contribution in [3.63, 3.8) is 0 Å². The predicted octanol–water partition coefficient (Wildman–Crippen LogP) is 2.04. The molecule has 30 heavy (non-hydrogen) atoms. The summed E-state index contributed by atoms with van der Waals surface area (Å²) >= 11 is 0. The molecule has 8 heteroatoms. The first-order valence-electron chi connectivity index (χ1n) is 10.2. The first kappa shape index (κ1) is 21.9. The average molecular weight is 412 g/mol. The van der Waals surface area contributed by atoms with Gasteiger partial charge < -0.3 is 14.6 Å². The van der Waals surface area contributed by atoms with Crippen molar-refractivity contribution < 1.29 is 14.3 Å². The van der Waals surface area contributed by atoms with Gasteiger partial charge in [-0.25, -0.2) is 0 Å². The molecular formula is C22H28N4O4. The van der Waals surface area contributed by atoms with E-state index in [9.17, 15) is 14.4 Å². The Labute approximate surface area is 175 Å². The van der Waals surface area contributed by atoms with Gasteiger partial charge in [0, 0.05) is 49.6 Å². The standard InChI is InChI=1S/C22H28N4O4/c1-4-26-13-16(5-6-20(26)28)17-11-18(21(23-12-17)22(29)15(2)3)24-19(27)14-25-7-9-30-10-8-25/h5-6,11-13,15H,4,7-10,14H2,1-3H3,(H,24,27). The van der Waals surface area contributed by atoms with Gasteiger partial charge in [-0.15, -0.1) is 0 Å². The normalized spacial score (nSPS) is 14.7. The molecule has 0 spiro atoms. The number of hydrogen-bond donors (Lipinski definition) is 1. The number of amides is 1. The van der Waals surface area contributed by atoms with Crippen molar-refractivity contribution in [2.45, 2.75) is 27.3 Å². The monoisotopic (exact) mass is 412 g/mol. The molecule has 0 radical (unpaired) electrons. The Morgan fingerprint density at radius 3 is 2.60 bits per heavy atom. The van der Waals surface area contributed by atoms with Crippen LogP contribution in [-0.4, -0.2) is 59.0 Å². The number of ether oxygens (including phenoxy) is 1. The van der Waals surface area contributed by atoms with Crippen LogP contribution >= 0.6 is 0 Å². The molecule has 1 N–H and O–H groups in total. The highest BCUT2D eigenvalue weighted by atomic mass is 16.5. The number of Topliss-reactive ketones (excluding diaryl/α,β-unsaturated/α-hetero) is 1. The number of hydrogen-bond acceptors (Lipinski definition) is 6. The lowest BCUT2D eigenvalue weighted by atomic mass is 10.0. The smallest absolute Gasteiger partial charge is 0.250 e. The molecule has 3 rings (SSSR count). The number of morpholine rings is 1. The highest BCUT2D eigenvalue weighted by molar-refractivity contribution is 6.05. The lowest BCUT2D eigenvalue weighted by Crippen LogP contribution is -2.41. The second-order valence-electron chi connectivity index (χ2n) is 7.62. The van der Waals surface area contributed by atoms with Crippen LogP contribution < -0.4 is 10.9 Å². The molecule has 3 heterocycles. The summed E-state index contributed by atoms with van der Waals surface area (Å²) in [4.78, 5) is 43.5. The van der Waals surface area contributed by atoms with Gasteiger partial charge in [-0.05, 0) is 24.6 Å². The van der Waals surface area contributed by atoms with Crippen molar-refractivity contribution in [1.82, 2.24) is 14.5 Å². The Hall–Kier alpha value is -2.84. The third kappa shape index (κ3) is 5.20. The molecule has 1 amide bonds. The van der Waals surface area contributed by atoms with E-state index >= 15 is 0 Å². The molecule has 1 aliphatic rings. The molecule has 2 aromatic rings. The highest BCUT2D eigenvalue weighted by Crippen LogP contribution is 2.25. The Morgan fingerprint density at radius 1 is 1.20 bits per heavy atom. The zero-order valence-corrected chi connectivity index (χ0v) is 17.7. The Kier molecular flexibility index (Phi) is 7.12. The molecule has 0 aliphatic carbocycles. The first-order valence-corrected chi connectivity index (χ1v) is 10.2. The summed E-state index contributed by atoms with van der Waals surface area (Å²) in [6.45, 7) is 8.87. The van der Waals surface area contributed by atoms with Crippen LogP contribution in [-0.2, 0) is 16.1 Å². The summed E-state index contributed by atoms with van der Waals surface area (Å²) in [5.41, 5.74) is 2.06. The number of aromatic nitrogens is 2. The third-order valence-electron chi connectivity index (χ3n) is 5.05. The van der Waals surface area contributed by atoms with E-state index in [1.54, 1.807) is 42.9 Å². The zero-order chi connectivity index (χ0) is 21.7. The second-order valence-corrected chi connectivity index (χ2v) is 7.62. The number of nitrogens with zero attached hydrogens (tertiary/aromatic N) is 3. The topological polar surface area (TPSA) is 93.5 Å². The number of ketones is 1. The molecule has 1 saturated heterocycles.